The van der Waals surface area contributed by atoms with Gasteiger partial charge in [-0.1, -0.05) is 19.1 Å². The Bertz CT molecular complexity index is 688. The highest BCUT2D eigenvalue weighted by molar-refractivity contribution is 5.99. The van der Waals surface area contributed by atoms with Gasteiger partial charge in [0.2, 0.25) is 0 Å². The van der Waals surface area contributed by atoms with Crippen molar-refractivity contribution in [1.82, 2.24) is 4.57 Å². The summed E-state index contributed by atoms with van der Waals surface area (Å²) in [6.07, 6.45) is 0.653. The number of aromatic hydroxyl groups is 1. The first-order valence-corrected chi connectivity index (χ1v) is 6.05. The molecule has 5 nitrogen and oxygen atoms in total. The van der Waals surface area contributed by atoms with Crippen LogP contribution in [0.1, 0.15) is 23.7 Å². The van der Waals surface area contributed by atoms with Crippen LogP contribution in [-0.4, -0.2) is 22.2 Å². The van der Waals surface area contributed by atoms with Gasteiger partial charge in [-0.2, -0.15) is 0 Å². The average Bonchev–Trinajstić information content (AvgIpc) is 2.43. The van der Waals surface area contributed by atoms with Gasteiger partial charge in [0.05, 0.1) is 12.1 Å². The van der Waals surface area contributed by atoms with Crippen LogP contribution < -0.4 is 5.56 Å². The molecule has 0 fully saturated rings. The van der Waals surface area contributed by atoms with Gasteiger partial charge in [0, 0.05) is 12.4 Å². The molecule has 1 N–H and O–H groups in total. The monoisotopic (exact) mass is 261 g/mol. The number of para-hydroxylation sites is 1. The van der Waals surface area contributed by atoms with E-state index in [1.54, 1.807) is 31.3 Å². The van der Waals surface area contributed by atoms with E-state index in [0.29, 0.717) is 17.3 Å². The third-order valence-electron chi connectivity index (χ3n) is 2.92. The van der Waals surface area contributed by atoms with Crippen molar-refractivity contribution >= 4 is 16.9 Å². The number of hydrogen-bond acceptors (Lipinski definition) is 4. The summed E-state index contributed by atoms with van der Waals surface area (Å²) >= 11 is 0. The van der Waals surface area contributed by atoms with Gasteiger partial charge in [-0.25, -0.2) is 4.79 Å². The van der Waals surface area contributed by atoms with Crippen LogP contribution in [0.5, 0.6) is 5.75 Å². The minimum Gasteiger partial charge on any atom is -0.506 e. The van der Waals surface area contributed by atoms with Crippen LogP contribution in [0.3, 0.4) is 0 Å². The Hall–Kier alpha value is -2.30. The SMILES string of the molecule is CCCOC(=O)c1c(O)c2ccccc2n(C)c1=O. The molecule has 2 aromatic rings. The summed E-state index contributed by atoms with van der Waals surface area (Å²) < 4.78 is 6.26. The summed E-state index contributed by atoms with van der Waals surface area (Å²) in [5, 5.41) is 10.6. The average molecular weight is 261 g/mol. The van der Waals surface area contributed by atoms with Gasteiger partial charge in [0.25, 0.3) is 5.56 Å². The number of benzene rings is 1. The lowest BCUT2D eigenvalue weighted by Crippen LogP contribution is -2.26. The predicted octanol–water partition coefficient (Wildman–Crippen LogP) is 1.81. The van der Waals surface area contributed by atoms with E-state index in [1.807, 2.05) is 6.92 Å². The molecule has 0 atom stereocenters. The Labute approximate surface area is 110 Å². The van der Waals surface area contributed by atoms with Crippen molar-refractivity contribution in [1.29, 1.82) is 0 Å². The van der Waals surface area contributed by atoms with Gasteiger partial charge < -0.3 is 14.4 Å². The minimum absolute atomic E-state index is 0.217. The van der Waals surface area contributed by atoms with E-state index >= 15 is 0 Å². The Kier molecular flexibility index (Phi) is 3.55. The molecule has 0 amide bonds. The molecule has 0 aliphatic rings. The van der Waals surface area contributed by atoms with Crippen molar-refractivity contribution in [3.63, 3.8) is 0 Å². The van der Waals surface area contributed by atoms with Crippen LogP contribution in [0.2, 0.25) is 0 Å². The van der Waals surface area contributed by atoms with Crippen molar-refractivity contribution < 1.29 is 14.6 Å². The van der Waals surface area contributed by atoms with E-state index in [0.717, 1.165) is 0 Å². The van der Waals surface area contributed by atoms with E-state index in [9.17, 15) is 14.7 Å². The summed E-state index contributed by atoms with van der Waals surface area (Å²) in [6, 6.07) is 6.85. The fourth-order valence-corrected chi connectivity index (χ4v) is 1.93. The molecule has 0 saturated carbocycles. The predicted molar refractivity (Wildman–Crippen MR) is 71.4 cm³/mol. The molecule has 0 saturated heterocycles. The Morgan fingerprint density at radius 1 is 1.37 bits per heavy atom. The lowest BCUT2D eigenvalue weighted by molar-refractivity contribution is 0.0499. The number of ether oxygens (including phenoxy) is 1. The number of aryl methyl sites for hydroxylation is 1. The summed E-state index contributed by atoms with van der Waals surface area (Å²) in [7, 11) is 1.56. The molecule has 19 heavy (non-hydrogen) atoms. The van der Waals surface area contributed by atoms with Gasteiger partial charge >= 0.3 is 5.97 Å². The van der Waals surface area contributed by atoms with Crippen molar-refractivity contribution in [3.8, 4) is 5.75 Å². The van der Waals surface area contributed by atoms with Gasteiger partial charge in [-0.15, -0.1) is 0 Å². The van der Waals surface area contributed by atoms with E-state index in [4.69, 9.17) is 4.74 Å². The van der Waals surface area contributed by atoms with Gasteiger partial charge in [-0.05, 0) is 18.6 Å². The third-order valence-corrected chi connectivity index (χ3v) is 2.92. The molecule has 5 heteroatoms. The fourth-order valence-electron chi connectivity index (χ4n) is 1.93. The van der Waals surface area contributed by atoms with Crippen molar-refractivity contribution in [3.05, 3.63) is 40.2 Å². The van der Waals surface area contributed by atoms with Crippen LogP contribution in [0.15, 0.2) is 29.1 Å². The molecular formula is C14H15NO4. The summed E-state index contributed by atoms with van der Waals surface area (Å²) in [5.74, 6) is -1.11. The maximum atomic E-state index is 12.1. The van der Waals surface area contributed by atoms with Crippen LogP contribution in [0, 0.1) is 0 Å². The molecule has 0 radical (unpaired) electrons. The summed E-state index contributed by atoms with van der Waals surface area (Å²) in [4.78, 5) is 24.0. The number of esters is 1. The van der Waals surface area contributed by atoms with Gasteiger partial charge in [0.1, 0.15) is 5.75 Å². The standard InChI is InChI=1S/C14H15NO4/c1-3-8-19-14(18)11-12(16)9-6-4-5-7-10(9)15(2)13(11)17/h4-7,16H,3,8H2,1-2H3. The van der Waals surface area contributed by atoms with E-state index in [-0.39, 0.29) is 17.9 Å². The Morgan fingerprint density at radius 2 is 2.05 bits per heavy atom. The van der Waals surface area contributed by atoms with Crippen molar-refractivity contribution in [2.75, 3.05) is 6.61 Å². The highest BCUT2D eigenvalue weighted by Gasteiger charge is 2.21. The number of hydrogen-bond donors (Lipinski definition) is 1. The Morgan fingerprint density at radius 3 is 2.74 bits per heavy atom. The molecule has 0 aliphatic heterocycles. The van der Waals surface area contributed by atoms with Crippen LogP contribution in [0.25, 0.3) is 10.9 Å². The molecule has 0 aliphatic carbocycles. The van der Waals surface area contributed by atoms with E-state index in [1.165, 1.54) is 4.57 Å². The quantitative estimate of drug-likeness (QED) is 0.855. The number of pyridine rings is 1. The van der Waals surface area contributed by atoms with Crippen LogP contribution in [0.4, 0.5) is 0 Å². The number of fused-ring (bicyclic) bond motifs is 1. The minimum atomic E-state index is -0.786. The second-order valence-electron chi connectivity index (χ2n) is 4.24. The topological polar surface area (TPSA) is 68.5 Å². The normalized spacial score (nSPS) is 10.6. The maximum Gasteiger partial charge on any atom is 0.347 e. The number of rotatable bonds is 3. The first-order chi connectivity index (χ1) is 9.07. The van der Waals surface area contributed by atoms with Gasteiger partial charge in [0.15, 0.2) is 5.56 Å². The molecule has 1 aromatic heterocycles. The fraction of sp³-hybridized carbons (Fsp3) is 0.286. The first kappa shape index (κ1) is 13.1. The van der Waals surface area contributed by atoms with Crippen LogP contribution >= 0.6 is 0 Å². The second kappa shape index (κ2) is 5.14. The summed E-state index contributed by atoms with van der Waals surface area (Å²) in [5.41, 5.74) is -0.302. The molecule has 100 valence electrons. The van der Waals surface area contributed by atoms with E-state index in [2.05, 4.69) is 0 Å². The van der Waals surface area contributed by atoms with Crippen LogP contribution in [-0.2, 0) is 11.8 Å². The molecule has 0 unspecified atom stereocenters. The zero-order valence-electron chi connectivity index (χ0n) is 10.8. The van der Waals surface area contributed by atoms with Crippen molar-refractivity contribution in [2.24, 2.45) is 7.05 Å². The lowest BCUT2D eigenvalue weighted by Gasteiger charge is -2.11. The molecular weight excluding hydrogens is 246 g/mol. The highest BCUT2D eigenvalue weighted by atomic mass is 16.5. The molecule has 2 rings (SSSR count). The molecule has 1 aromatic carbocycles. The third kappa shape index (κ3) is 2.19. The Balaban J connectivity index is 2.68. The zero-order valence-corrected chi connectivity index (χ0v) is 10.8. The van der Waals surface area contributed by atoms with E-state index < -0.39 is 11.5 Å². The maximum absolute atomic E-state index is 12.1. The lowest BCUT2D eigenvalue weighted by atomic mass is 10.1. The number of nitrogens with zero attached hydrogens (tertiary/aromatic N) is 1. The summed E-state index contributed by atoms with van der Waals surface area (Å²) in [6.45, 7) is 2.07. The molecule has 1 heterocycles. The van der Waals surface area contributed by atoms with Gasteiger partial charge in [-0.3, -0.25) is 4.79 Å². The highest BCUT2D eigenvalue weighted by Crippen LogP contribution is 2.26. The second-order valence-corrected chi connectivity index (χ2v) is 4.24. The largest absolute Gasteiger partial charge is 0.506 e. The smallest absolute Gasteiger partial charge is 0.347 e. The first-order valence-electron chi connectivity index (χ1n) is 6.05. The number of carbonyl (C=O) groups is 1. The molecule has 0 bridgehead atoms. The number of carbonyl (C=O) groups excluding carboxylic acids is 1. The van der Waals surface area contributed by atoms with Crippen molar-refractivity contribution in [2.45, 2.75) is 13.3 Å². The number of aromatic nitrogens is 1. The zero-order chi connectivity index (χ0) is 14.0. The molecule has 0 spiro atoms.